The lowest BCUT2D eigenvalue weighted by Gasteiger charge is -2.20. The number of rotatable bonds is 8. The lowest BCUT2D eigenvalue weighted by atomic mass is 9.98. The van der Waals surface area contributed by atoms with Crippen molar-refractivity contribution in [3.8, 4) is 0 Å². The Labute approximate surface area is 111 Å². The number of nitrogens with zero attached hydrogens (tertiary/aromatic N) is 1. The van der Waals surface area contributed by atoms with Crippen molar-refractivity contribution in [2.24, 2.45) is 5.92 Å². The van der Waals surface area contributed by atoms with E-state index in [1.54, 1.807) is 7.11 Å². The Hall–Kier alpha value is -0.610. The van der Waals surface area contributed by atoms with Gasteiger partial charge in [-0.2, -0.15) is 0 Å². The van der Waals surface area contributed by atoms with E-state index in [9.17, 15) is 4.79 Å². The van der Waals surface area contributed by atoms with Gasteiger partial charge in [0.25, 0.3) is 0 Å². The molecule has 18 heavy (non-hydrogen) atoms. The van der Waals surface area contributed by atoms with Crippen molar-refractivity contribution in [3.63, 3.8) is 0 Å². The molecule has 1 unspecified atom stereocenters. The zero-order valence-corrected chi connectivity index (χ0v) is 11.9. The number of nitrogens with one attached hydrogen (secondary N) is 1. The predicted molar refractivity (Wildman–Crippen MR) is 73.6 cm³/mol. The third-order valence-electron chi connectivity index (χ3n) is 3.77. The zero-order valence-electron chi connectivity index (χ0n) is 11.9. The van der Waals surface area contributed by atoms with Gasteiger partial charge in [0.1, 0.15) is 0 Å². The fraction of sp³-hybridized carbons (Fsp3) is 0.929. The summed E-state index contributed by atoms with van der Waals surface area (Å²) < 4.78 is 4.97. The third-order valence-corrected chi connectivity index (χ3v) is 3.77. The molecule has 0 saturated carbocycles. The van der Waals surface area contributed by atoms with Crippen LogP contribution in [-0.2, 0) is 9.53 Å². The van der Waals surface area contributed by atoms with E-state index < -0.39 is 0 Å². The first kappa shape index (κ1) is 15.4. The molecule has 1 amide bonds. The summed E-state index contributed by atoms with van der Waals surface area (Å²) in [7, 11) is 1.71. The predicted octanol–water partition coefficient (Wildman–Crippen LogP) is 1.65. The number of ether oxygens (including phenoxy) is 1. The maximum absolute atomic E-state index is 11.9. The van der Waals surface area contributed by atoms with E-state index in [4.69, 9.17) is 4.74 Å². The molecule has 1 aliphatic rings. The fourth-order valence-electron chi connectivity index (χ4n) is 2.43. The van der Waals surface area contributed by atoms with Crippen molar-refractivity contribution in [3.05, 3.63) is 0 Å². The maximum Gasteiger partial charge on any atom is 0.222 e. The first-order valence-electron chi connectivity index (χ1n) is 7.25. The molecule has 106 valence electrons. The van der Waals surface area contributed by atoms with Crippen LogP contribution >= 0.6 is 0 Å². The molecule has 0 aliphatic carbocycles. The minimum Gasteiger partial charge on any atom is -0.383 e. The summed E-state index contributed by atoms with van der Waals surface area (Å²) in [5, 5.41) is 3.31. The average Bonchev–Trinajstić information content (AvgIpc) is 2.56. The molecule has 1 saturated heterocycles. The van der Waals surface area contributed by atoms with Crippen LogP contribution in [0.2, 0.25) is 0 Å². The van der Waals surface area contributed by atoms with Gasteiger partial charge in [-0.15, -0.1) is 0 Å². The number of hydrogen-bond acceptors (Lipinski definition) is 3. The third kappa shape index (κ3) is 5.83. The molecule has 0 bridgehead atoms. The van der Waals surface area contributed by atoms with E-state index in [-0.39, 0.29) is 0 Å². The van der Waals surface area contributed by atoms with Crippen LogP contribution in [0, 0.1) is 5.92 Å². The summed E-state index contributed by atoms with van der Waals surface area (Å²) in [6, 6.07) is 0. The van der Waals surface area contributed by atoms with E-state index >= 15 is 0 Å². The summed E-state index contributed by atoms with van der Waals surface area (Å²) in [4.78, 5) is 14.0. The highest BCUT2D eigenvalue weighted by Gasteiger charge is 2.20. The smallest absolute Gasteiger partial charge is 0.222 e. The SMILES string of the molecule is CCC1CCC(=O)N(CCCNCCOC)CC1. The van der Waals surface area contributed by atoms with E-state index in [2.05, 4.69) is 12.2 Å². The minimum atomic E-state index is 0.350. The van der Waals surface area contributed by atoms with Gasteiger partial charge in [0.05, 0.1) is 6.61 Å². The molecule has 0 spiro atoms. The van der Waals surface area contributed by atoms with Gasteiger partial charge < -0.3 is 15.0 Å². The van der Waals surface area contributed by atoms with Gasteiger partial charge in [-0.25, -0.2) is 0 Å². The summed E-state index contributed by atoms with van der Waals surface area (Å²) in [6.07, 6.45) is 5.25. The van der Waals surface area contributed by atoms with Crippen LogP contribution in [0.4, 0.5) is 0 Å². The highest BCUT2D eigenvalue weighted by atomic mass is 16.5. The highest BCUT2D eigenvalue weighted by Crippen LogP contribution is 2.20. The molecule has 1 heterocycles. The second-order valence-electron chi connectivity index (χ2n) is 5.08. The van der Waals surface area contributed by atoms with Crippen LogP contribution in [0.1, 0.15) is 39.0 Å². The largest absolute Gasteiger partial charge is 0.383 e. The Kier molecular flexibility index (Phi) is 8.01. The van der Waals surface area contributed by atoms with Gasteiger partial charge in [0.2, 0.25) is 5.91 Å². The van der Waals surface area contributed by atoms with Crippen LogP contribution in [0.25, 0.3) is 0 Å². The molecule has 0 aromatic rings. The molecular weight excluding hydrogens is 228 g/mol. The number of likely N-dealkylation sites (tertiary alicyclic amines) is 1. The number of carbonyl (C=O) groups excluding carboxylic acids is 1. The van der Waals surface area contributed by atoms with E-state index in [1.165, 1.54) is 12.8 Å². The number of carbonyl (C=O) groups is 1. The zero-order chi connectivity index (χ0) is 13.2. The Morgan fingerprint density at radius 2 is 2.22 bits per heavy atom. The van der Waals surface area contributed by atoms with Crippen molar-refractivity contribution in [1.29, 1.82) is 0 Å². The fourth-order valence-corrected chi connectivity index (χ4v) is 2.43. The molecule has 4 heteroatoms. The molecule has 1 aliphatic heterocycles. The second kappa shape index (κ2) is 9.34. The van der Waals surface area contributed by atoms with Crippen LogP contribution < -0.4 is 5.32 Å². The van der Waals surface area contributed by atoms with Gasteiger partial charge in [0, 0.05) is 33.2 Å². The summed E-state index contributed by atoms with van der Waals surface area (Å²) in [5.41, 5.74) is 0. The summed E-state index contributed by atoms with van der Waals surface area (Å²) >= 11 is 0. The standard InChI is InChI=1S/C14H28N2O2/c1-3-13-5-6-14(17)16(11-7-13)10-4-8-15-9-12-18-2/h13,15H,3-12H2,1-2H3. The van der Waals surface area contributed by atoms with Crippen LogP contribution in [0.15, 0.2) is 0 Å². The van der Waals surface area contributed by atoms with Crippen molar-refractivity contribution >= 4 is 5.91 Å². The van der Waals surface area contributed by atoms with Gasteiger partial charge in [0.15, 0.2) is 0 Å². The van der Waals surface area contributed by atoms with Crippen LogP contribution in [0.3, 0.4) is 0 Å². The van der Waals surface area contributed by atoms with Gasteiger partial charge in [-0.05, 0) is 31.7 Å². The van der Waals surface area contributed by atoms with Crippen molar-refractivity contribution < 1.29 is 9.53 Å². The first-order valence-corrected chi connectivity index (χ1v) is 7.25. The van der Waals surface area contributed by atoms with Crippen molar-refractivity contribution in [1.82, 2.24) is 10.2 Å². The lowest BCUT2D eigenvalue weighted by Crippen LogP contribution is -2.33. The van der Waals surface area contributed by atoms with Gasteiger partial charge in [-0.3, -0.25) is 4.79 Å². The normalized spacial score (nSPS) is 21.1. The molecular formula is C14H28N2O2. The van der Waals surface area contributed by atoms with E-state index in [1.807, 2.05) is 4.90 Å². The minimum absolute atomic E-state index is 0.350. The molecule has 1 fully saturated rings. The molecule has 0 radical (unpaired) electrons. The second-order valence-corrected chi connectivity index (χ2v) is 5.08. The molecule has 1 rings (SSSR count). The molecule has 0 aromatic heterocycles. The monoisotopic (exact) mass is 256 g/mol. The Morgan fingerprint density at radius 3 is 2.94 bits per heavy atom. The van der Waals surface area contributed by atoms with Crippen molar-refractivity contribution in [2.45, 2.75) is 39.0 Å². The lowest BCUT2D eigenvalue weighted by molar-refractivity contribution is -0.130. The maximum atomic E-state index is 11.9. The number of methoxy groups -OCH3 is 1. The van der Waals surface area contributed by atoms with Crippen molar-refractivity contribution in [2.75, 3.05) is 39.9 Å². The first-order chi connectivity index (χ1) is 8.77. The average molecular weight is 256 g/mol. The summed E-state index contributed by atoms with van der Waals surface area (Å²) in [5.74, 6) is 1.10. The Balaban J connectivity index is 2.14. The highest BCUT2D eigenvalue weighted by molar-refractivity contribution is 5.76. The number of hydrogen-bond donors (Lipinski definition) is 1. The molecule has 4 nitrogen and oxygen atoms in total. The van der Waals surface area contributed by atoms with E-state index in [0.29, 0.717) is 5.91 Å². The van der Waals surface area contributed by atoms with Crippen LogP contribution in [0.5, 0.6) is 0 Å². The van der Waals surface area contributed by atoms with Crippen LogP contribution in [-0.4, -0.2) is 50.7 Å². The Bertz CT molecular complexity index is 234. The molecule has 1 atom stereocenters. The number of amides is 1. The molecule has 0 aromatic carbocycles. The van der Waals surface area contributed by atoms with Gasteiger partial charge in [-0.1, -0.05) is 13.3 Å². The van der Waals surface area contributed by atoms with E-state index in [0.717, 1.165) is 58.0 Å². The quantitative estimate of drug-likeness (QED) is 0.671. The summed E-state index contributed by atoms with van der Waals surface area (Å²) in [6.45, 7) is 6.68. The Morgan fingerprint density at radius 1 is 1.39 bits per heavy atom. The van der Waals surface area contributed by atoms with Gasteiger partial charge >= 0.3 is 0 Å². The topological polar surface area (TPSA) is 41.6 Å². The molecule has 1 N–H and O–H groups in total.